The molecule has 0 unspecified atom stereocenters. The summed E-state index contributed by atoms with van der Waals surface area (Å²) in [6, 6.07) is 16.5. The summed E-state index contributed by atoms with van der Waals surface area (Å²) in [4.78, 5) is 27.6. The summed E-state index contributed by atoms with van der Waals surface area (Å²) in [5.41, 5.74) is 1.33. The van der Waals surface area contributed by atoms with Gasteiger partial charge in [0.05, 0.1) is 27.6 Å². The molecule has 0 aliphatic carbocycles. The zero-order valence-electron chi connectivity index (χ0n) is 14.3. The van der Waals surface area contributed by atoms with Crippen LogP contribution in [-0.4, -0.2) is 22.0 Å². The van der Waals surface area contributed by atoms with Crippen LogP contribution in [0.4, 0.5) is 10.8 Å². The Bertz CT molecular complexity index is 1130. The Morgan fingerprint density at radius 2 is 1.93 bits per heavy atom. The normalized spacial score (nSPS) is 11.1. The van der Waals surface area contributed by atoms with Crippen molar-refractivity contribution in [2.24, 2.45) is 5.10 Å². The number of aromatic nitrogens is 1. The number of hydrogen-bond donors (Lipinski definition) is 0. The maximum Gasteiger partial charge on any atom is 0.316 e. The van der Waals surface area contributed by atoms with Gasteiger partial charge < -0.3 is 4.42 Å². The molecule has 0 aliphatic heterocycles. The molecule has 0 bridgehead atoms. The Balaban J connectivity index is 1.70. The van der Waals surface area contributed by atoms with Gasteiger partial charge in [0.25, 0.3) is 5.69 Å². The topological polar surface area (TPSA) is 102 Å². The molecule has 9 heteroatoms. The third kappa shape index (κ3) is 3.51. The van der Waals surface area contributed by atoms with Crippen LogP contribution in [0.3, 0.4) is 0 Å². The Labute approximate surface area is 162 Å². The van der Waals surface area contributed by atoms with Crippen LogP contribution in [0.15, 0.2) is 76.4 Å². The number of thiazole rings is 1. The zero-order chi connectivity index (χ0) is 19.5. The quantitative estimate of drug-likeness (QED) is 0.283. The number of fused-ring (bicyclic) bond motifs is 1. The van der Waals surface area contributed by atoms with E-state index < -0.39 is 10.8 Å². The summed E-state index contributed by atoms with van der Waals surface area (Å²) < 4.78 is 6.12. The van der Waals surface area contributed by atoms with Crippen LogP contribution >= 0.6 is 11.3 Å². The van der Waals surface area contributed by atoms with Crippen molar-refractivity contribution < 1.29 is 14.1 Å². The van der Waals surface area contributed by atoms with E-state index in [4.69, 9.17) is 4.42 Å². The van der Waals surface area contributed by atoms with Gasteiger partial charge in [-0.2, -0.15) is 10.1 Å². The number of non-ortho nitro benzene ring substituents is 1. The number of furan rings is 1. The molecule has 0 saturated carbocycles. The standard InChI is InChI=1S/C19H12N4O4S/c24-18(16-5-3-11-27-16)22(19-21-15-4-1-2-6-17(15)28-19)20-12-13-7-9-14(10-8-13)23(25)26/h1-12H/b20-12-. The van der Waals surface area contributed by atoms with Gasteiger partial charge in [-0.15, -0.1) is 0 Å². The molecule has 4 aromatic rings. The average molecular weight is 392 g/mol. The van der Waals surface area contributed by atoms with E-state index in [0.29, 0.717) is 10.7 Å². The number of benzene rings is 2. The van der Waals surface area contributed by atoms with Crippen molar-refractivity contribution in [3.05, 3.63) is 88.4 Å². The monoisotopic (exact) mass is 392 g/mol. The molecule has 0 radical (unpaired) electrons. The molecule has 1 amide bonds. The molecular weight excluding hydrogens is 380 g/mol. The lowest BCUT2D eigenvalue weighted by molar-refractivity contribution is -0.384. The van der Waals surface area contributed by atoms with Gasteiger partial charge in [-0.05, 0) is 42.0 Å². The van der Waals surface area contributed by atoms with Crippen molar-refractivity contribution in [3.63, 3.8) is 0 Å². The predicted molar refractivity (Wildman–Crippen MR) is 106 cm³/mol. The maximum absolute atomic E-state index is 12.8. The lowest BCUT2D eigenvalue weighted by Crippen LogP contribution is -2.25. The Kier molecular flexibility index (Phi) is 4.65. The van der Waals surface area contributed by atoms with Crippen molar-refractivity contribution in [2.45, 2.75) is 0 Å². The summed E-state index contributed by atoms with van der Waals surface area (Å²) >= 11 is 1.32. The molecule has 2 aromatic heterocycles. The number of hydrazone groups is 1. The van der Waals surface area contributed by atoms with Gasteiger partial charge in [0.15, 0.2) is 5.76 Å². The number of amides is 1. The highest BCUT2D eigenvalue weighted by molar-refractivity contribution is 7.22. The smallest absolute Gasteiger partial charge is 0.316 e. The lowest BCUT2D eigenvalue weighted by Gasteiger charge is -2.11. The second-order valence-corrected chi connectivity index (χ2v) is 6.66. The SMILES string of the molecule is O=C(c1ccco1)N(/N=C\c1ccc([N+](=O)[O-])cc1)c1nc2ccccc2s1. The van der Waals surface area contributed by atoms with Crippen LogP contribution in [0.25, 0.3) is 10.2 Å². The number of rotatable bonds is 5. The van der Waals surface area contributed by atoms with Crippen molar-refractivity contribution >= 4 is 44.5 Å². The third-order valence-corrected chi connectivity index (χ3v) is 4.83. The molecule has 0 spiro atoms. The predicted octanol–water partition coefficient (Wildman–Crippen LogP) is 4.48. The van der Waals surface area contributed by atoms with E-state index >= 15 is 0 Å². The minimum atomic E-state index is -0.477. The Morgan fingerprint density at radius 1 is 1.14 bits per heavy atom. The number of nitro groups is 1. The van der Waals surface area contributed by atoms with Crippen molar-refractivity contribution in [3.8, 4) is 0 Å². The number of nitro benzene ring substituents is 1. The summed E-state index contributed by atoms with van der Waals surface area (Å²) in [7, 11) is 0. The van der Waals surface area contributed by atoms with Crippen molar-refractivity contribution in [1.82, 2.24) is 4.98 Å². The fourth-order valence-corrected chi connectivity index (χ4v) is 3.37. The minimum Gasteiger partial charge on any atom is -0.459 e. The van der Waals surface area contributed by atoms with Gasteiger partial charge in [0.1, 0.15) is 0 Å². The van der Waals surface area contributed by atoms with Crippen LogP contribution in [-0.2, 0) is 0 Å². The lowest BCUT2D eigenvalue weighted by atomic mass is 10.2. The molecule has 0 saturated heterocycles. The van der Waals surface area contributed by atoms with E-state index in [1.807, 2.05) is 24.3 Å². The van der Waals surface area contributed by atoms with Gasteiger partial charge in [-0.1, -0.05) is 23.5 Å². The summed E-state index contributed by atoms with van der Waals surface area (Å²) in [6.45, 7) is 0. The zero-order valence-corrected chi connectivity index (χ0v) is 15.1. The number of hydrogen-bond acceptors (Lipinski definition) is 7. The largest absolute Gasteiger partial charge is 0.459 e. The molecule has 8 nitrogen and oxygen atoms in total. The minimum absolute atomic E-state index is 0.0214. The average Bonchev–Trinajstić information content (AvgIpc) is 3.38. The van der Waals surface area contributed by atoms with Crippen LogP contribution in [0.1, 0.15) is 16.1 Å². The second kappa shape index (κ2) is 7.41. The van der Waals surface area contributed by atoms with E-state index in [-0.39, 0.29) is 11.4 Å². The molecule has 4 rings (SSSR count). The van der Waals surface area contributed by atoms with Crippen LogP contribution in [0.5, 0.6) is 0 Å². The fraction of sp³-hybridized carbons (Fsp3) is 0. The van der Waals surface area contributed by atoms with Crippen molar-refractivity contribution in [2.75, 3.05) is 5.01 Å². The van der Waals surface area contributed by atoms with Gasteiger partial charge in [-0.25, -0.2) is 4.98 Å². The van der Waals surface area contributed by atoms with Gasteiger partial charge in [0.2, 0.25) is 5.13 Å². The first-order chi connectivity index (χ1) is 13.6. The second-order valence-electron chi connectivity index (χ2n) is 5.65. The first-order valence-electron chi connectivity index (χ1n) is 8.14. The van der Waals surface area contributed by atoms with Crippen molar-refractivity contribution in [1.29, 1.82) is 0 Å². The summed E-state index contributed by atoms with van der Waals surface area (Å²) in [6.07, 6.45) is 2.85. The summed E-state index contributed by atoms with van der Waals surface area (Å²) in [5, 5.41) is 16.6. The Hall–Kier alpha value is -3.85. The van der Waals surface area contributed by atoms with Gasteiger partial charge >= 0.3 is 5.91 Å². The number of carbonyl (C=O) groups is 1. The van der Waals surface area contributed by atoms with E-state index in [0.717, 1.165) is 15.2 Å². The molecule has 0 atom stereocenters. The third-order valence-electron chi connectivity index (χ3n) is 3.81. The molecule has 2 aromatic carbocycles. The molecule has 0 N–H and O–H groups in total. The number of anilines is 1. The molecule has 0 aliphatic rings. The number of carbonyl (C=O) groups excluding carboxylic acids is 1. The molecular formula is C19H12N4O4S. The van der Waals surface area contributed by atoms with E-state index in [1.165, 1.54) is 35.9 Å². The van der Waals surface area contributed by atoms with E-state index in [9.17, 15) is 14.9 Å². The maximum atomic E-state index is 12.8. The van der Waals surface area contributed by atoms with Gasteiger partial charge in [-0.3, -0.25) is 14.9 Å². The highest BCUT2D eigenvalue weighted by Gasteiger charge is 2.23. The molecule has 138 valence electrons. The van der Waals surface area contributed by atoms with Crippen LogP contribution in [0, 0.1) is 10.1 Å². The van der Waals surface area contributed by atoms with E-state index in [2.05, 4.69) is 10.1 Å². The Morgan fingerprint density at radius 3 is 2.61 bits per heavy atom. The molecule has 2 heterocycles. The first-order valence-corrected chi connectivity index (χ1v) is 8.95. The highest BCUT2D eigenvalue weighted by atomic mass is 32.1. The highest BCUT2D eigenvalue weighted by Crippen LogP contribution is 2.30. The van der Waals surface area contributed by atoms with Crippen LogP contribution < -0.4 is 5.01 Å². The van der Waals surface area contributed by atoms with Gasteiger partial charge in [0, 0.05) is 12.1 Å². The van der Waals surface area contributed by atoms with Crippen LogP contribution in [0.2, 0.25) is 0 Å². The molecule has 0 fully saturated rings. The molecule has 28 heavy (non-hydrogen) atoms. The summed E-state index contributed by atoms with van der Waals surface area (Å²) in [5.74, 6) is -0.345. The fourth-order valence-electron chi connectivity index (χ4n) is 2.45. The number of para-hydroxylation sites is 1. The first kappa shape index (κ1) is 17.6. The number of nitrogens with zero attached hydrogens (tertiary/aromatic N) is 4. The van der Waals surface area contributed by atoms with E-state index in [1.54, 1.807) is 24.3 Å².